The van der Waals surface area contributed by atoms with E-state index in [9.17, 15) is 0 Å². The van der Waals surface area contributed by atoms with E-state index >= 15 is 0 Å². The number of nitrogen functional groups attached to an aromatic ring is 1. The minimum atomic E-state index is 0.458. The molecule has 152 valence electrons. The highest BCUT2D eigenvalue weighted by Crippen LogP contribution is 2.29. The fraction of sp³-hybridized carbons (Fsp3) is 0.542. The monoisotopic (exact) mass is 380 g/mol. The molecule has 0 bridgehead atoms. The predicted molar refractivity (Wildman–Crippen MR) is 122 cm³/mol. The molecule has 0 unspecified atom stereocenters. The van der Waals surface area contributed by atoms with Crippen molar-refractivity contribution in [3.63, 3.8) is 0 Å². The molecule has 0 atom stereocenters. The fourth-order valence-corrected chi connectivity index (χ4v) is 3.84. The van der Waals surface area contributed by atoms with Crippen LogP contribution in [-0.2, 0) is 13.0 Å². The summed E-state index contributed by atoms with van der Waals surface area (Å²) in [5.74, 6) is 0.612. The maximum absolute atomic E-state index is 6.25. The van der Waals surface area contributed by atoms with E-state index in [4.69, 9.17) is 5.73 Å². The number of nitrogens with one attached hydrogen (secondary N) is 2. The van der Waals surface area contributed by atoms with Gasteiger partial charge < -0.3 is 16.0 Å². The van der Waals surface area contributed by atoms with Crippen LogP contribution in [0.15, 0.2) is 24.3 Å². The van der Waals surface area contributed by atoms with Crippen molar-refractivity contribution < 1.29 is 0 Å². The van der Waals surface area contributed by atoms with Crippen molar-refractivity contribution in [2.45, 2.75) is 72.8 Å². The Hall–Kier alpha value is -2.07. The summed E-state index contributed by atoms with van der Waals surface area (Å²) in [6.07, 6.45) is 7.62. The Morgan fingerprint density at radius 3 is 2.57 bits per heavy atom. The molecule has 4 N–H and O–H groups in total. The zero-order chi connectivity index (χ0) is 20.1. The summed E-state index contributed by atoms with van der Waals surface area (Å²) in [5, 5.41) is 5.53. The highest BCUT2D eigenvalue weighted by Gasteiger charge is 2.11. The first-order valence-electron chi connectivity index (χ1n) is 10.8. The molecular weight excluding hydrogens is 344 g/mol. The van der Waals surface area contributed by atoms with Crippen molar-refractivity contribution in [2.75, 3.05) is 12.3 Å². The molecule has 0 amide bonds. The van der Waals surface area contributed by atoms with E-state index in [2.05, 4.69) is 67.2 Å². The number of pyridine rings is 1. The van der Waals surface area contributed by atoms with Gasteiger partial charge in [0.05, 0.1) is 11.0 Å². The van der Waals surface area contributed by atoms with E-state index in [0.717, 1.165) is 47.0 Å². The Morgan fingerprint density at radius 2 is 1.82 bits per heavy atom. The van der Waals surface area contributed by atoms with Crippen LogP contribution in [0.5, 0.6) is 0 Å². The zero-order valence-electron chi connectivity index (χ0n) is 18.0. The number of hydrogen-bond donors (Lipinski definition) is 3. The predicted octanol–water partition coefficient (Wildman–Crippen LogP) is 5.95. The summed E-state index contributed by atoms with van der Waals surface area (Å²) in [6, 6.07) is 8.78. The lowest BCUT2D eigenvalue weighted by molar-refractivity contribution is 0.357. The number of aromatic amines is 1. The number of benzene rings is 1. The Kier molecular flexibility index (Phi) is 6.61. The maximum atomic E-state index is 6.25. The average molecular weight is 381 g/mol. The number of nitrogens with two attached hydrogens (primary N) is 1. The van der Waals surface area contributed by atoms with Gasteiger partial charge in [-0.3, -0.25) is 0 Å². The lowest BCUT2D eigenvalue weighted by Crippen LogP contribution is -2.11. The van der Waals surface area contributed by atoms with Gasteiger partial charge in [-0.15, -0.1) is 0 Å². The summed E-state index contributed by atoms with van der Waals surface area (Å²) in [5.41, 5.74) is 11.3. The van der Waals surface area contributed by atoms with Gasteiger partial charge in [0.2, 0.25) is 0 Å². The summed E-state index contributed by atoms with van der Waals surface area (Å²) in [7, 11) is 0. The second-order valence-corrected chi connectivity index (χ2v) is 9.19. The number of hydrogen-bond acceptors (Lipinski definition) is 3. The van der Waals surface area contributed by atoms with Gasteiger partial charge in [-0.2, -0.15) is 0 Å². The third-order valence-electron chi connectivity index (χ3n) is 5.43. The second-order valence-electron chi connectivity index (χ2n) is 9.19. The lowest BCUT2D eigenvalue weighted by Gasteiger charge is -2.17. The van der Waals surface area contributed by atoms with Crippen LogP contribution in [0.3, 0.4) is 0 Å². The molecule has 2 aromatic heterocycles. The number of aromatic nitrogens is 2. The Labute approximate surface area is 169 Å². The molecule has 1 aromatic carbocycles. The molecule has 0 saturated heterocycles. The molecule has 4 nitrogen and oxygen atoms in total. The first-order valence-corrected chi connectivity index (χ1v) is 10.8. The highest BCUT2D eigenvalue weighted by atomic mass is 14.9. The third kappa shape index (κ3) is 5.26. The summed E-state index contributed by atoms with van der Waals surface area (Å²) in [4.78, 5) is 8.21. The summed E-state index contributed by atoms with van der Waals surface area (Å²) >= 11 is 0. The van der Waals surface area contributed by atoms with Crippen molar-refractivity contribution >= 4 is 27.6 Å². The molecule has 0 saturated carbocycles. The minimum Gasteiger partial charge on any atom is -0.383 e. The first kappa shape index (κ1) is 20.7. The molecule has 0 aliphatic carbocycles. The minimum absolute atomic E-state index is 0.458. The van der Waals surface area contributed by atoms with Crippen LogP contribution in [-0.4, -0.2) is 16.5 Å². The molecule has 0 radical (unpaired) electrons. The van der Waals surface area contributed by atoms with Crippen molar-refractivity contribution in [2.24, 2.45) is 5.41 Å². The molecule has 2 heterocycles. The summed E-state index contributed by atoms with van der Waals surface area (Å²) in [6.45, 7) is 10.9. The van der Waals surface area contributed by atoms with Crippen LogP contribution in [0.2, 0.25) is 0 Å². The molecule has 4 heteroatoms. The second kappa shape index (κ2) is 8.95. The number of fused-ring (bicyclic) bond motifs is 3. The van der Waals surface area contributed by atoms with Crippen LogP contribution in [0.1, 0.15) is 71.1 Å². The molecule has 0 aliphatic rings. The number of H-pyrrole nitrogens is 1. The van der Waals surface area contributed by atoms with Crippen LogP contribution >= 0.6 is 0 Å². The normalized spacial score (nSPS) is 12.3. The van der Waals surface area contributed by atoms with Gasteiger partial charge in [-0.1, -0.05) is 59.1 Å². The highest BCUT2D eigenvalue weighted by molar-refractivity contribution is 6.08. The van der Waals surface area contributed by atoms with E-state index in [1.807, 2.05) is 0 Å². The van der Waals surface area contributed by atoms with Crippen molar-refractivity contribution in [1.82, 2.24) is 15.3 Å². The van der Waals surface area contributed by atoms with Crippen LogP contribution in [0.25, 0.3) is 21.8 Å². The fourth-order valence-electron chi connectivity index (χ4n) is 3.84. The van der Waals surface area contributed by atoms with Crippen LogP contribution in [0, 0.1) is 5.41 Å². The van der Waals surface area contributed by atoms with Crippen LogP contribution in [0.4, 0.5) is 5.82 Å². The molecule has 0 fully saturated rings. The Morgan fingerprint density at radius 1 is 1.04 bits per heavy atom. The van der Waals surface area contributed by atoms with E-state index in [1.54, 1.807) is 0 Å². The Bertz CT molecular complexity index is 918. The summed E-state index contributed by atoms with van der Waals surface area (Å²) < 4.78 is 0. The van der Waals surface area contributed by atoms with Gasteiger partial charge in [0, 0.05) is 23.0 Å². The quantitative estimate of drug-likeness (QED) is 0.402. The van der Waals surface area contributed by atoms with Crippen molar-refractivity contribution in [1.29, 1.82) is 0 Å². The number of nitrogens with zero attached hydrogens (tertiary/aromatic N) is 1. The molecular formula is C24H36N4. The van der Waals surface area contributed by atoms with E-state index in [0.29, 0.717) is 11.2 Å². The number of unbranched alkanes of at least 4 members (excludes halogenated alkanes) is 3. The van der Waals surface area contributed by atoms with Gasteiger partial charge >= 0.3 is 0 Å². The van der Waals surface area contributed by atoms with Crippen LogP contribution < -0.4 is 11.1 Å². The largest absolute Gasteiger partial charge is 0.383 e. The van der Waals surface area contributed by atoms with Gasteiger partial charge in [0.25, 0.3) is 0 Å². The topological polar surface area (TPSA) is 66.7 Å². The third-order valence-corrected chi connectivity index (χ3v) is 5.43. The lowest BCUT2D eigenvalue weighted by atomic mass is 9.89. The maximum Gasteiger partial charge on any atom is 0.133 e. The van der Waals surface area contributed by atoms with Crippen molar-refractivity contribution in [3.8, 4) is 0 Å². The van der Waals surface area contributed by atoms with E-state index in [-0.39, 0.29) is 0 Å². The van der Waals surface area contributed by atoms with Gasteiger partial charge in [-0.05, 0) is 48.9 Å². The van der Waals surface area contributed by atoms with Crippen molar-refractivity contribution in [3.05, 3.63) is 35.5 Å². The molecule has 0 aliphatic heterocycles. The number of rotatable bonds is 9. The first-order chi connectivity index (χ1) is 13.4. The van der Waals surface area contributed by atoms with E-state index < -0.39 is 0 Å². The van der Waals surface area contributed by atoms with Gasteiger partial charge in [0.15, 0.2) is 0 Å². The van der Waals surface area contributed by atoms with E-state index in [1.165, 1.54) is 37.7 Å². The standard InChI is InChI=1S/C24H36N4/c1-5-26-16-18-15-20-22(27-18)19-12-11-17(14-21(19)28-23(20)25)10-8-6-7-9-13-24(2,3)4/h11-12,14-15,26-27H,5-10,13,16H2,1-4H3,(H2,25,28). The molecule has 0 spiro atoms. The number of anilines is 1. The number of aryl methyl sites for hydroxylation is 1. The zero-order valence-corrected chi connectivity index (χ0v) is 18.0. The smallest absolute Gasteiger partial charge is 0.133 e. The average Bonchev–Trinajstić information content (AvgIpc) is 3.07. The SMILES string of the molecule is CCNCc1cc2c(N)nc3cc(CCCCCCC(C)(C)C)ccc3c2[nH]1. The van der Waals surface area contributed by atoms with Gasteiger partial charge in [0.1, 0.15) is 5.82 Å². The molecule has 28 heavy (non-hydrogen) atoms. The molecule has 3 rings (SSSR count). The Balaban J connectivity index is 1.67. The van der Waals surface area contributed by atoms with Gasteiger partial charge in [-0.25, -0.2) is 4.98 Å². The molecule has 3 aromatic rings.